The van der Waals surface area contributed by atoms with Gasteiger partial charge in [0.1, 0.15) is 0 Å². The Hall–Kier alpha value is -2.20. The molecule has 0 fully saturated rings. The number of non-ortho nitro benzene ring substituents is 1. The average molecular weight is 374 g/mol. The second kappa shape index (κ2) is 5.66. The summed E-state index contributed by atoms with van der Waals surface area (Å²) in [7, 11) is -4.16. The van der Waals surface area contributed by atoms with Crippen LogP contribution in [-0.2, 0) is 10.0 Å². The van der Waals surface area contributed by atoms with Crippen molar-refractivity contribution in [2.45, 2.75) is 4.90 Å². The van der Waals surface area contributed by atoms with Crippen LogP contribution in [0.2, 0.25) is 0 Å². The maximum absolute atomic E-state index is 12.1. The average Bonchev–Trinajstić information content (AvgIpc) is 2.41. The molecule has 0 saturated carbocycles. The van der Waals surface area contributed by atoms with E-state index in [1.54, 1.807) is 0 Å². The molecular formula is C11H8BrN3O5S. The van der Waals surface area contributed by atoms with Crippen LogP contribution in [0, 0.1) is 10.1 Å². The first-order chi connectivity index (χ1) is 9.81. The summed E-state index contributed by atoms with van der Waals surface area (Å²) in [4.78, 5) is 23.6. The molecule has 1 aromatic heterocycles. The third-order valence-electron chi connectivity index (χ3n) is 2.48. The van der Waals surface area contributed by atoms with Gasteiger partial charge in [0.2, 0.25) is 5.43 Å². The number of nitro benzene ring substituents is 1. The van der Waals surface area contributed by atoms with Gasteiger partial charge in [0.15, 0.2) is 4.90 Å². The number of sulfonamides is 1. The Morgan fingerprint density at radius 1 is 1.29 bits per heavy atom. The molecule has 0 aliphatic carbocycles. The fourth-order valence-electron chi connectivity index (χ4n) is 1.52. The largest absolute Gasteiger partial charge is 0.366 e. The number of halogens is 1. The van der Waals surface area contributed by atoms with Crippen LogP contribution in [0.4, 0.5) is 11.4 Å². The number of nitro groups is 1. The molecule has 0 atom stereocenters. The number of nitrogens with one attached hydrogen (secondary N) is 2. The molecule has 0 unspecified atom stereocenters. The van der Waals surface area contributed by atoms with Crippen LogP contribution in [-0.4, -0.2) is 18.3 Å². The fourth-order valence-corrected chi connectivity index (χ4v) is 3.12. The van der Waals surface area contributed by atoms with E-state index in [1.807, 2.05) is 0 Å². The van der Waals surface area contributed by atoms with E-state index in [0.717, 1.165) is 18.3 Å². The highest BCUT2D eigenvalue weighted by Gasteiger charge is 2.20. The van der Waals surface area contributed by atoms with E-state index in [1.165, 1.54) is 18.3 Å². The highest BCUT2D eigenvalue weighted by molar-refractivity contribution is 9.10. The third kappa shape index (κ3) is 3.28. The number of anilines is 1. The topological polar surface area (TPSA) is 122 Å². The van der Waals surface area contributed by atoms with Gasteiger partial charge in [0, 0.05) is 35.1 Å². The van der Waals surface area contributed by atoms with E-state index in [4.69, 9.17) is 0 Å². The number of rotatable bonds is 4. The summed E-state index contributed by atoms with van der Waals surface area (Å²) in [5.41, 5.74) is -1.01. The van der Waals surface area contributed by atoms with E-state index in [0.29, 0.717) is 4.47 Å². The standard InChI is InChI=1S/C11H8BrN3O5S/c12-8-2-1-7(15(17)18)5-9(8)14-21(19,20)11-6-13-4-3-10(11)16/h1-6,14H,(H,13,16). The normalized spacial score (nSPS) is 11.1. The first-order valence-corrected chi connectivity index (χ1v) is 7.73. The molecule has 0 spiro atoms. The minimum Gasteiger partial charge on any atom is -0.366 e. The minimum atomic E-state index is -4.16. The summed E-state index contributed by atoms with van der Waals surface area (Å²) in [5.74, 6) is 0. The van der Waals surface area contributed by atoms with E-state index in [9.17, 15) is 23.3 Å². The SMILES string of the molecule is O=c1cc[nH]cc1S(=O)(=O)Nc1cc([N+](=O)[O-])ccc1Br. The van der Waals surface area contributed by atoms with Crippen LogP contribution in [0.5, 0.6) is 0 Å². The number of pyridine rings is 1. The van der Waals surface area contributed by atoms with Gasteiger partial charge in [-0.2, -0.15) is 0 Å². The summed E-state index contributed by atoms with van der Waals surface area (Å²) in [6, 6.07) is 4.68. The first kappa shape index (κ1) is 15.2. The number of H-pyrrole nitrogens is 1. The van der Waals surface area contributed by atoms with Crippen molar-refractivity contribution < 1.29 is 13.3 Å². The lowest BCUT2D eigenvalue weighted by molar-refractivity contribution is -0.384. The number of aromatic amines is 1. The zero-order valence-electron chi connectivity index (χ0n) is 10.2. The number of benzene rings is 1. The summed E-state index contributed by atoms with van der Waals surface area (Å²) >= 11 is 3.09. The minimum absolute atomic E-state index is 0.0348. The Labute approximate surface area is 127 Å². The first-order valence-electron chi connectivity index (χ1n) is 5.45. The van der Waals surface area contributed by atoms with Crippen molar-refractivity contribution in [2.75, 3.05) is 4.72 Å². The molecule has 2 rings (SSSR count). The molecule has 2 aromatic rings. The van der Waals surface area contributed by atoms with Crippen molar-refractivity contribution in [1.29, 1.82) is 0 Å². The van der Waals surface area contributed by atoms with Gasteiger partial charge >= 0.3 is 0 Å². The Balaban J connectivity index is 2.47. The van der Waals surface area contributed by atoms with Crippen molar-refractivity contribution in [3.05, 3.63) is 61.5 Å². The van der Waals surface area contributed by atoms with Crippen molar-refractivity contribution in [3.8, 4) is 0 Å². The monoisotopic (exact) mass is 373 g/mol. The smallest absolute Gasteiger partial charge is 0.271 e. The van der Waals surface area contributed by atoms with Crippen LogP contribution in [0.3, 0.4) is 0 Å². The van der Waals surface area contributed by atoms with Gasteiger partial charge in [-0.15, -0.1) is 0 Å². The van der Waals surface area contributed by atoms with Gasteiger partial charge in [-0.25, -0.2) is 8.42 Å². The second-order valence-electron chi connectivity index (χ2n) is 3.90. The van der Waals surface area contributed by atoms with Crippen LogP contribution in [0.25, 0.3) is 0 Å². The maximum Gasteiger partial charge on any atom is 0.271 e. The molecule has 21 heavy (non-hydrogen) atoms. The third-order valence-corrected chi connectivity index (χ3v) is 4.56. The molecule has 0 radical (unpaired) electrons. The van der Waals surface area contributed by atoms with Gasteiger partial charge < -0.3 is 4.98 Å². The van der Waals surface area contributed by atoms with Gasteiger partial charge in [-0.3, -0.25) is 19.6 Å². The second-order valence-corrected chi connectivity index (χ2v) is 6.40. The van der Waals surface area contributed by atoms with Crippen molar-refractivity contribution in [2.24, 2.45) is 0 Å². The van der Waals surface area contributed by atoms with Crippen LogP contribution in [0.15, 0.2) is 50.8 Å². The van der Waals surface area contributed by atoms with Crippen molar-refractivity contribution in [3.63, 3.8) is 0 Å². The number of hydrogen-bond acceptors (Lipinski definition) is 5. The summed E-state index contributed by atoms with van der Waals surface area (Å²) in [6.45, 7) is 0. The lowest BCUT2D eigenvalue weighted by Crippen LogP contribution is -2.21. The van der Waals surface area contributed by atoms with Gasteiger partial charge in [0.25, 0.3) is 15.7 Å². The van der Waals surface area contributed by atoms with Gasteiger partial charge in [-0.05, 0) is 22.0 Å². The lowest BCUT2D eigenvalue weighted by atomic mass is 10.3. The van der Waals surface area contributed by atoms with E-state index < -0.39 is 25.3 Å². The van der Waals surface area contributed by atoms with E-state index >= 15 is 0 Å². The quantitative estimate of drug-likeness (QED) is 0.625. The van der Waals surface area contributed by atoms with E-state index in [-0.39, 0.29) is 11.4 Å². The zero-order valence-corrected chi connectivity index (χ0v) is 12.6. The van der Waals surface area contributed by atoms with Crippen LogP contribution in [0.1, 0.15) is 0 Å². The lowest BCUT2D eigenvalue weighted by Gasteiger charge is -2.08. The van der Waals surface area contributed by atoms with Crippen molar-refractivity contribution in [1.82, 2.24) is 4.98 Å². The molecule has 10 heteroatoms. The van der Waals surface area contributed by atoms with Crippen molar-refractivity contribution >= 4 is 37.3 Å². The predicted molar refractivity (Wildman–Crippen MR) is 78.7 cm³/mol. The molecule has 1 heterocycles. The van der Waals surface area contributed by atoms with Gasteiger partial charge in [-0.1, -0.05) is 0 Å². The van der Waals surface area contributed by atoms with Crippen LogP contribution >= 0.6 is 15.9 Å². The highest BCUT2D eigenvalue weighted by atomic mass is 79.9. The maximum atomic E-state index is 12.1. The number of aromatic nitrogens is 1. The molecule has 8 nitrogen and oxygen atoms in total. The Morgan fingerprint density at radius 3 is 2.62 bits per heavy atom. The molecule has 1 aromatic carbocycles. The zero-order chi connectivity index (χ0) is 15.6. The van der Waals surface area contributed by atoms with E-state index in [2.05, 4.69) is 25.6 Å². The molecule has 0 bridgehead atoms. The highest BCUT2D eigenvalue weighted by Crippen LogP contribution is 2.28. The number of nitrogens with zero attached hydrogens (tertiary/aromatic N) is 1. The molecular weight excluding hydrogens is 366 g/mol. The molecule has 0 amide bonds. The number of hydrogen-bond donors (Lipinski definition) is 2. The molecule has 0 aliphatic heterocycles. The molecule has 0 aliphatic rings. The molecule has 0 saturated heterocycles. The van der Waals surface area contributed by atoms with Gasteiger partial charge in [0.05, 0.1) is 10.6 Å². The van der Waals surface area contributed by atoms with Crippen LogP contribution < -0.4 is 10.2 Å². The Bertz CT molecular complexity index is 862. The predicted octanol–water partition coefficient (Wildman–Crippen LogP) is 1.85. The summed E-state index contributed by atoms with van der Waals surface area (Å²) in [5, 5.41) is 10.7. The molecule has 110 valence electrons. The Kier molecular flexibility index (Phi) is 4.09. The molecule has 2 N–H and O–H groups in total. The summed E-state index contributed by atoms with van der Waals surface area (Å²) in [6.07, 6.45) is 2.33. The fraction of sp³-hybridized carbons (Fsp3) is 0. The Morgan fingerprint density at radius 2 is 2.00 bits per heavy atom. The summed E-state index contributed by atoms with van der Waals surface area (Å²) < 4.78 is 26.7.